The molecule has 1 amide bonds. The number of rotatable bonds is 5. The van der Waals surface area contributed by atoms with Crippen LogP contribution in [0.4, 0.5) is 10.2 Å². The second kappa shape index (κ2) is 7.93. The number of carbonyl (C=O) groups is 1. The minimum absolute atomic E-state index is 0.0884. The summed E-state index contributed by atoms with van der Waals surface area (Å²) in [7, 11) is 0. The monoisotopic (exact) mass is 382 g/mol. The van der Waals surface area contributed by atoms with E-state index in [1.165, 1.54) is 19.1 Å². The van der Waals surface area contributed by atoms with Crippen LogP contribution in [0.15, 0.2) is 48.9 Å². The van der Waals surface area contributed by atoms with Crippen LogP contribution in [-0.2, 0) is 11.3 Å². The first-order valence-corrected chi connectivity index (χ1v) is 9.41. The van der Waals surface area contributed by atoms with Gasteiger partial charge in [0.25, 0.3) is 0 Å². The maximum Gasteiger partial charge on any atom is 0.222 e. The van der Waals surface area contributed by atoms with Gasteiger partial charge in [-0.2, -0.15) is 10.2 Å². The third-order valence-corrected chi connectivity index (χ3v) is 4.99. The van der Waals surface area contributed by atoms with E-state index in [4.69, 9.17) is 0 Å². The highest BCUT2D eigenvalue weighted by Crippen LogP contribution is 2.26. The van der Waals surface area contributed by atoms with Gasteiger partial charge in [-0.3, -0.25) is 9.69 Å². The molecule has 0 aliphatic carbocycles. The summed E-state index contributed by atoms with van der Waals surface area (Å²) in [5, 5.41) is 11.6. The Hall–Kier alpha value is -3.00. The molecule has 0 saturated carbocycles. The predicted molar refractivity (Wildman–Crippen MR) is 104 cm³/mol. The van der Waals surface area contributed by atoms with Gasteiger partial charge in [0.15, 0.2) is 0 Å². The van der Waals surface area contributed by atoms with Gasteiger partial charge in [-0.05, 0) is 31.0 Å². The molecule has 1 fully saturated rings. The second-order valence-electron chi connectivity index (χ2n) is 7.12. The molecule has 7 nitrogen and oxygen atoms in total. The Labute approximate surface area is 162 Å². The van der Waals surface area contributed by atoms with E-state index in [2.05, 4.69) is 20.4 Å². The number of carbonyl (C=O) groups excluding carboxylic acids is 1. The smallest absolute Gasteiger partial charge is 0.222 e. The van der Waals surface area contributed by atoms with E-state index in [0.29, 0.717) is 5.69 Å². The van der Waals surface area contributed by atoms with Gasteiger partial charge < -0.3 is 5.32 Å². The van der Waals surface area contributed by atoms with E-state index in [1.807, 2.05) is 29.2 Å². The maximum atomic E-state index is 13.4. The highest BCUT2D eigenvalue weighted by molar-refractivity contribution is 5.87. The van der Waals surface area contributed by atoms with Crippen LogP contribution >= 0.6 is 0 Å². The van der Waals surface area contributed by atoms with Crippen molar-refractivity contribution in [1.82, 2.24) is 24.5 Å². The van der Waals surface area contributed by atoms with Crippen LogP contribution in [0.2, 0.25) is 0 Å². The van der Waals surface area contributed by atoms with Gasteiger partial charge in [0.1, 0.15) is 11.6 Å². The summed E-state index contributed by atoms with van der Waals surface area (Å²) in [5.74, 6) is 0.394. The molecule has 8 heteroatoms. The first-order valence-electron chi connectivity index (χ1n) is 9.41. The fraction of sp³-hybridized carbons (Fsp3) is 0.350. The highest BCUT2D eigenvalue weighted by Gasteiger charge is 2.23. The lowest BCUT2D eigenvalue weighted by atomic mass is 10.0. The molecule has 0 atom stereocenters. The molecule has 0 radical (unpaired) electrons. The van der Waals surface area contributed by atoms with Crippen molar-refractivity contribution in [1.29, 1.82) is 0 Å². The molecule has 1 aromatic carbocycles. The maximum absolute atomic E-state index is 13.4. The standard InChI is InChI=1S/C20H23FN6O/c1-15(28)24-20-5-8-22-27(20)18-6-9-25(10-7-18)13-16-12-23-26(14-16)19-4-2-3-17(21)11-19/h2-5,8,11-12,14,18H,6-7,9-10,13H2,1H3,(H,24,28). The Morgan fingerprint density at radius 2 is 2.07 bits per heavy atom. The summed E-state index contributed by atoms with van der Waals surface area (Å²) >= 11 is 0. The van der Waals surface area contributed by atoms with Crippen LogP contribution in [0.25, 0.3) is 5.69 Å². The molecule has 3 heterocycles. The first-order chi connectivity index (χ1) is 13.6. The first kappa shape index (κ1) is 18.4. The molecule has 1 aliphatic rings. The summed E-state index contributed by atoms with van der Waals surface area (Å²) in [6, 6.07) is 8.52. The second-order valence-corrected chi connectivity index (χ2v) is 7.12. The molecule has 28 heavy (non-hydrogen) atoms. The number of halogens is 1. The number of anilines is 1. The van der Waals surface area contributed by atoms with E-state index in [0.717, 1.165) is 43.9 Å². The van der Waals surface area contributed by atoms with Crippen molar-refractivity contribution in [3.63, 3.8) is 0 Å². The van der Waals surface area contributed by atoms with Crippen molar-refractivity contribution in [2.75, 3.05) is 18.4 Å². The largest absolute Gasteiger partial charge is 0.311 e. The molecular weight excluding hydrogens is 359 g/mol. The average molecular weight is 382 g/mol. The molecule has 3 aromatic rings. The van der Waals surface area contributed by atoms with Crippen LogP contribution in [0.3, 0.4) is 0 Å². The van der Waals surface area contributed by atoms with Crippen molar-refractivity contribution in [3.8, 4) is 5.69 Å². The molecule has 146 valence electrons. The SMILES string of the molecule is CC(=O)Nc1ccnn1C1CCN(Cc2cnn(-c3cccc(F)c3)c2)CC1. The third-order valence-electron chi connectivity index (χ3n) is 4.99. The molecule has 0 spiro atoms. The number of likely N-dealkylation sites (tertiary alicyclic amines) is 1. The molecule has 1 saturated heterocycles. The molecule has 1 aliphatic heterocycles. The zero-order valence-corrected chi connectivity index (χ0v) is 15.8. The van der Waals surface area contributed by atoms with Crippen molar-refractivity contribution >= 4 is 11.7 Å². The zero-order valence-electron chi connectivity index (χ0n) is 15.8. The van der Waals surface area contributed by atoms with Crippen molar-refractivity contribution in [3.05, 3.63) is 60.3 Å². The molecular formula is C20H23FN6O. The average Bonchev–Trinajstić information content (AvgIpc) is 3.32. The lowest BCUT2D eigenvalue weighted by Crippen LogP contribution is -2.34. The van der Waals surface area contributed by atoms with Gasteiger partial charge in [-0.1, -0.05) is 6.07 Å². The predicted octanol–water partition coefficient (Wildman–Crippen LogP) is 3.00. The van der Waals surface area contributed by atoms with Crippen molar-refractivity contribution < 1.29 is 9.18 Å². The van der Waals surface area contributed by atoms with Gasteiger partial charge in [0.2, 0.25) is 5.91 Å². The molecule has 1 N–H and O–H groups in total. The number of amides is 1. The normalized spacial score (nSPS) is 15.6. The number of hydrogen-bond acceptors (Lipinski definition) is 4. The summed E-state index contributed by atoms with van der Waals surface area (Å²) in [6.07, 6.45) is 7.43. The van der Waals surface area contributed by atoms with Crippen LogP contribution in [0.1, 0.15) is 31.4 Å². The Bertz CT molecular complexity index is 957. The van der Waals surface area contributed by atoms with Crippen LogP contribution < -0.4 is 5.32 Å². The van der Waals surface area contributed by atoms with E-state index >= 15 is 0 Å². The lowest BCUT2D eigenvalue weighted by molar-refractivity contribution is -0.114. The van der Waals surface area contributed by atoms with Crippen LogP contribution in [0, 0.1) is 5.82 Å². The highest BCUT2D eigenvalue weighted by atomic mass is 19.1. The summed E-state index contributed by atoms with van der Waals surface area (Å²) in [5.41, 5.74) is 1.81. The molecule has 2 aromatic heterocycles. The summed E-state index contributed by atoms with van der Waals surface area (Å²) in [4.78, 5) is 13.7. The van der Waals surface area contributed by atoms with E-state index in [9.17, 15) is 9.18 Å². The minimum atomic E-state index is -0.270. The number of hydrogen-bond donors (Lipinski definition) is 1. The van der Waals surface area contributed by atoms with Gasteiger partial charge in [0, 0.05) is 44.4 Å². The number of nitrogens with one attached hydrogen (secondary N) is 1. The fourth-order valence-electron chi connectivity index (χ4n) is 3.67. The van der Waals surface area contributed by atoms with E-state index in [1.54, 1.807) is 16.9 Å². The Kier molecular flexibility index (Phi) is 5.21. The van der Waals surface area contributed by atoms with Crippen LogP contribution in [-0.4, -0.2) is 43.5 Å². The third kappa shape index (κ3) is 4.12. The summed E-state index contributed by atoms with van der Waals surface area (Å²) < 4.78 is 17.0. The van der Waals surface area contributed by atoms with E-state index in [-0.39, 0.29) is 17.8 Å². The minimum Gasteiger partial charge on any atom is -0.311 e. The number of nitrogens with zero attached hydrogens (tertiary/aromatic N) is 5. The van der Waals surface area contributed by atoms with Gasteiger partial charge in [-0.15, -0.1) is 0 Å². The topological polar surface area (TPSA) is 68.0 Å². The fourth-order valence-corrected chi connectivity index (χ4v) is 3.67. The zero-order chi connectivity index (χ0) is 19.5. The Balaban J connectivity index is 1.35. The van der Waals surface area contributed by atoms with Gasteiger partial charge in [0.05, 0.1) is 24.1 Å². The molecule has 0 bridgehead atoms. The van der Waals surface area contributed by atoms with Gasteiger partial charge in [-0.25, -0.2) is 13.8 Å². The Morgan fingerprint density at radius 3 is 2.82 bits per heavy atom. The Morgan fingerprint density at radius 1 is 1.25 bits per heavy atom. The quantitative estimate of drug-likeness (QED) is 0.737. The van der Waals surface area contributed by atoms with Crippen LogP contribution in [0.5, 0.6) is 0 Å². The van der Waals surface area contributed by atoms with Crippen molar-refractivity contribution in [2.45, 2.75) is 32.4 Å². The molecule has 4 rings (SSSR count). The number of benzene rings is 1. The van der Waals surface area contributed by atoms with Gasteiger partial charge >= 0.3 is 0 Å². The van der Waals surface area contributed by atoms with E-state index < -0.39 is 0 Å². The number of aromatic nitrogens is 4. The molecule has 0 unspecified atom stereocenters. The summed E-state index contributed by atoms with van der Waals surface area (Å²) in [6.45, 7) is 4.19. The number of piperidine rings is 1. The lowest BCUT2D eigenvalue weighted by Gasteiger charge is -2.32. The van der Waals surface area contributed by atoms with Crippen molar-refractivity contribution in [2.24, 2.45) is 0 Å².